The first kappa shape index (κ1) is 16.5. The molecule has 3 aromatic heterocycles. The first-order chi connectivity index (χ1) is 12.6. The van der Waals surface area contributed by atoms with Crippen LogP contribution in [0.15, 0.2) is 47.2 Å². The zero-order valence-corrected chi connectivity index (χ0v) is 15.0. The van der Waals surface area contributed by atoms with Gasteiger partial charge in [-0.25, -0.2) is 4.98 Å². The van der Waals surface area contributed by atoms with E-state index in [1.807, 2.05) is 41.1 Å². The zero-order chi connectivity index (χ0) is 18.1. The number of hydrogen-bond donors (Lipinski definition) is 3. The maximum Gasteiger partial charge on any atom is 0.274 e. The Morgan fingerprint density at radius 3 is 2.73 bits per heavy atom. The number of amides is 1. The Kier molecular flexibility index (Phi) is 4.27. The number of carbonyl (C=O) groups excluding carboxylic acids is 1. The largest absolute Gasteiger partial charge is 0.501 e. The molecule has 26 heavy (non-hydrogen) atoms. The number of rotatable bonds is 4. The van der Waals surface area contributed by atoms with Crippen molar-refractivity contribution in [2.45, 2.75) is 6.54 Å². The number of aromatic hydroxyl groups is 2. The van der Waals surface area contributed by atoms with Gasteiger partial charge in [0.05, 0.1) is 4.88 Å². The Morgan fingerprint density at radius 1 is 1.08 bits per heavy atom. The predicted octanol–water partition coefficient (Wildman–Crippen LogP) is 3.76. The molecule has 8 heteroatoms. The molecule has 1 amide bonds. The molecule has 130 valence electrons. The summed E-state index contributed by atoms with van der Waals surface area (Å²) in [7, 11) is 0. The first-order valence-electron chi connectivity index (χ1n) is 7.70. The summed E-state index contributed by atoms with van der Waals surface area (Å²) in [6.07, 6.45) is 0. The van der Waals surface area contributed by atoms with Crippen LogP contribution in [-0.4, -0.2) is 26.1 Å². The van der Waals surface area contributed by atoms with Gasteiger partial charge in [0.25, 0.3) is 11.8 Å². The maximum absolute atomic E-state index is 12.5. The van der Waals surface area contributed by atoms with Gasteiger partial charge in [-0.05, 0) is 33.8 Å². The van der Waals surface area contributed by atoms with Crippen LogP contribution in [0, 0.1) is 0 Å². The molecule has 0 aliphatic heterocycles. The molecule has 4 aromatic rings. The Morgan fingerprint density at radius 2 is 1.92 bits per heavy atom. The van der Waals surface area contributed by atoms with Gasteiger partial charge in [0, 0.05) is 11.2 Å². The summed E-state index contributed by atoms with van der Waals surface area (Å²) in [6, 6.07) is 11.5. The molecule has 0 fully saturated rings. The second-order valence-electron chi connectivity index (χ2n) is 5.49. The van der Waals surface area contributed by atoms with Crippen LogP contribution in [0.4, 0.5) is 0 Å². The molecule has 0 aliphatic rings. The molecular formula is C18H13N3O3S2. The molecule has 4 rings (SSSR count). The van der Waals surface area contributed by atoms with Crippen molar-refractivity contribution in [2.75, 3.05) is 0 Å². The molecule has 1 aromatic carbocycles. The van der Waals surface area contributed by atoms with Gasteiger partial charge in [-0.1, -0.05) is 24.3 Å². The average Bonchev–Trinajstić information content (AvgIpc) is 3.32. The predicted molar refractivity (Wildman–Crippen MR) is 102 cm³/mol. The van der Waals surface area contributed by atoms with E-state index in [1.54, 1.807) is 17.4 Å². The number of thiophene rings is 2. The van der Waals surface area contributed by atoms with Gasteiger partial charge in [-0.2, -0.15) is 4.98 Å². The molecule has 0 spiro atoms. The third-order valence-electron chi connectivity index (χ3n) is 3.82. The lowest BCUT2D eigenvalue weighted by molar-refractivity contribution is 0.0942. The summed E-state index contributed by atoms with van der Waals surface area (Å²) in [4.78, 5) is 21.2. The van der Waals surface area contributed by atoms with E-state index in [9.17, 15) is 15.0 Å². The van der Waals surface area contributed by atoms with Crippen LogP contribution in [0.5, 0.6) is 11.6 Å². The topological polar surface area (TPSA) is 95.3 Å². The number of hydrogen-bond acceptors (Lipinski definition) is 7. The first-order valence-corrected chi connectivity index (χ1v) is 9.46. The summed E-state index contributed by atoms with van der Waals surface area (Å²) in [5.41, 5.74) is 0.732. The molecule has 3 heterocycles. The lowest BCUT2D eigenvalue weighted by Crippen LogP contribution is -2.24. The maximum atomic E-state index is 12.5. The van der Waals surface area contributed by atoms with Gasteiger partial charge in [0.2, 0.25) is 5.75 Å². The standard InChI is InChI=1S/C18H13N3O3S2/c22-15-14(20-16(21-18(15)24)13-6-3-7-25-13)17(23)19-8-10-9-26-12-5-2-1-4-11(10)12/h1-7,9,22H,8H2,(H,19,23)(H,20,21,24). The van der Waals surface area contributed by atoms with Crippen LogP contribution in [-0.2, 0) is 6.54 Å². The van der Waals surface area contributed by atoms with Crippen LogP contribution in [0.1, 0.15) is 16.1 Å². The van der Waals surface area contributed by atoms with Gasteiger partial charge in [0.1, 0.15) is 0 Å². The van der Waals surface area contributed by atoms with Gasteiger partial charge < -0.3 is 15.5 Å². The molecule has 0 bridgehead atoms. The third kappa shape index (κ3) is 3.00. The second kappa shape index (κ2) is 6.74. The van der Waals surface area contributed by atoms with Gasteiger partial charge >= 0.3 is 0 Å². The van der Waals surface area contributed by atoms with Crippen molar-refractivity contribution in [3.05, 3.63) is 58.4 Å². The molecule has 0 saturated heterocycles. The van der Waals surface area contributed by atoms with E-state index in [0.717, 1.165) is 15.6 Å². The van der Waals surface area contributed by atoms with E-state index >= 15 is 0 Å². The normalized spacial score (nSPS) is 10.9. The van der Waals surface area contributed by atoms with E-state index < -0.39 is 17.5 Å². The molecule has 0 aliphatic carbocycles. The van der Waals surface area contributed by atoms with Crippen molar-refractivity contribution < 1.29 is 15.0 Å². The van der Waals surface area contributed by atoms with Gasteiger partial charge in [-0.3, -0.25) is 4.79 Å². The zero-order valence-electron chi connectivity index (χ0n) is 13.3. The van der Waals surface area contributed by atoms with Crippen molar-refractivity contribution in [1.29, 1.82) is 0 Å². The monoisotopic (exact) mass is 383 g/mol. The highest BCUT2D eigenvalue weighted by atomic mass is 32.1. The molecule has 6 nitrogen and oxygen atoms in total. The molecule has 0 radical (unpaired) electrons. The Labute approximate surface area is 156 Å². The molecule has 0 atom stereocenters. The smallest absolute Gasteiger partial charge is 0.274 e. The van der Waals surface area contributed by atoms with E-state index in [2.05, 4.69) is 15.3 Å². The van der Waals surface area contributed by atoms with E-state index in [-0.39, 0.29) is 11.5 Å². The number of fused-ring (bicyclic) bond motifs is 1. The fourth-order valence-corrected chi connectivity index (χ4v) is 4.17. The van der Waals surface area contributed by atoms with Gasteiger partial charge in [-0.15, -0.1) is 22.7 Å². The average molecular weight is 383 g/mol. The SMILES string of the molecule is O=C(NCc1csc2ccccc12)c1nc(-c2cccs2)nc(O)c1O. The highest BCUT2D eigenvalue weighted by Crippen LogP contribution is 2.31. The van der Waals surface area contributed by atoms with Crippen LogP contribution in [0.2, 0.25) is 0 Å². The van der Waals surface area contributed by atoms with Crippen LogP contribution in [0.25, 0.3) is 20.8 Å². The van der Waals surface area contributed by atoms with Crippen molar-refractivity contribution >= 4 is 38.7 Å². The Hall–Kier alpha value is -2.97. The molecular weight excluding hydrogens is 370 g/mol. The summed E-state index contributed by atoms with van der Waals surface area (Å²) in [5, 5.41) is 27.5. The third-order valence-corrected chi connectivity index (χ3v) is 5.70. The van der Waals surface area contributed by atoms with Gasteiger partial charge in [0.15, 0.2) is 11.5 Å². The molecule has 3 N–H and O–H groups in total. The van der Waals surface area contributed by atoms with E-state index in [0.29, 0.717) is 11.4 Å². The quantitative estimate of drug-likeness (QED) is 0.499. The van der Waals surface area contributed by atoms with Crippen LogP contribution < -0.4 is 5.32 Å². The minimum absolute atomic E-state index is 0.196. The summed E-state index contributed by atoms with van der Waals surface area (Å²) >= 11 is 2.98. The summed E-state index contributed by atoms with van der Waals surface area (Å²) < 4.78 is 1.14. The number of carbonyl (C=O) groups is 1. The van der Waals surface area contributed by atoms with Crippen molar-refractivity contribution in [3.8, 4) is 22.3 Å². The van der Waals surface area contributed by atoms with Crippen molar-refractivity contribution in [1.82, 2.24) is 15.3 Å². The summed E-state index contributed by atoms with van der Waals surface area (Å²) in [5.74, 6) is -1.62. The summed E-state index contributed by atoms with van der Waals surface area (Å²) in [6.45, 7) is 0.293. The number of aromatic nitrogens is 2. The van der Waals surface area contributed by atoms with Crippen LogP contribution in [0.3, 0.4) is 0 Å². The van der Waals surface area contributed by atoms with Crippen LogP contribution >= 0.6 is 22.7 Å². The van der Waals surface area contributed by atoms with Crippen molar-refractivity contribution in [3.63, 3.8) is 0 Å². The number of nitrogens with one attached hydrogen (secondary N) is 1. The second-order valence-corrected chi connectivity index (χ2v) is 7.34. The Bertz CT molecular complexity index is 1090. The van der Waals surface area contributed by atoms with E-state index in [1.165, 1.54) is 11.3 Å². The minimum atomic E-state index is -0.627. The fourth-order valence-electron chi connectivity index (χ4n) is 2.55. The lowest BCUT2D eigenvalue weighted by Gasteiger charge is -2.08. The highest BCUT2D eigenvalue weighted by molar-refractivity contribution is 7.17. The fraction of sp³-hybridized carbons (Fsp3) is 0.0556. The van der Waals surface area contributed by atoms with E-state index in [4.69, 9.17) is 0 Å². The Balaban J connectivity index is 1.60. The van der Waals surface area contributed by atoms with Crippen molar-refractivity contribution in [2.24, 2.45) is 0 Å². The number of nitrogens with zero attached hydrogens (tertiary/aromatic N) is 2. The lowest BCUT2D eigenvalue weighted by atomic mass is 10.2. The highest BCUT2D eigenvalue weighted by Gasteiger charge is 2.20. The molecule has 0 unspecified atom stereocenters. The molecule has 0 saturated carbocycles. The number of benzene rings is 1. The minimum Gasteiger partial charge on any atom is -0.501 e.